The molecule has 4 rings (SSSR count). The molecule has 140 valence electrons. The van der Waals surface area contributed by atoms with Gasteiger partial charge in [0.05, 0.1) is 5.41 Å². The Morgan fingerprint density at radius 3 is 1.96 bits per heavy atom. The zero-order valence-corrected chi connectivity index (χ0v) is 15.4. The van der Waals surface area contributed by atoms with E-state index in [2.05, 4.69) is 17.4 Å². The molecule has 27 heavy (non-hydrogen) atoms. The van der Waals surface area contributed by atoms with Crippen molar-refractivity contribution in [3.63, 3.8) is 0 Å². The zero-order valence-electron chi connectivity index (χ0n) is 15.4. The van der Waals surface area contributed by atoms with Gasteiger partial charge in [0, 0.05) is 12.0 Å². The number of amides is 1. The maximum Gasteiger partial charge on any atom is 0.317 e. The Hall–Kier alpha value is -2.62. The number of esters is 1. The van der Waals surface area contributed by atoms with Crippen LogP contribution in [-0.2, 0) is 25.2 Å². The summed E-state index contributed by atoms with van der Waals surface area (Å²) in [5, 5.41) is 2.95. The smallest absolute Gasteiger partial charge is 0.317 e. The van der Waals surface area contributed by atoms with Crippen molar-refractivity contribution in [3.05, 3.63) is 71.8 Å². The third-order valence-corrected chi connectivity index (χ3v) is 6.12. The van der Waals surface area contributed by atoms with E-state index < -0.39 is 5.41 Å². The first-order chi connectivity index (χ1) is 13.1. The molecule has 2 fully saturated rings. The first kappa shape index (κ1) is 17.8. The fraction of sp³-hybridized carbons (Fsp3) is 0.391. The number of hydrogen-bond donors (Lipinski definition) is 1. The molecule has 0 saturated heterocycles. The van der Waals surface area contributed by atoms with Gasteiger partial charge in [-0.1, -0.05) is 67.1 Å². The predicted octanol–water partition coefficient (Wildman–Crippen LogP) is 3.50. The maximum atomic E-state index is 12.7. The number of carbonyl (C=O) groups excluding carboxylic acids is 2. The molecule has 2 aromatic rings. The molecule has 4 nitrogen and oxygen atoms in total. The SMILES string of the molecule is O=C(COC(=O)C1(c2ccccc2)CCC1)NCC1(c2ccccc2)CC1. The normalized spacial score (nSPS) is 18.8. The van der Waals surface area contributed by atoms with Gasteiger partial charge in [-0.05, 0) is 36.8 Å². The molecule has 1 N–H and O–H groups in total. The highest BCUT2D eigenvalue weighted by Gasteiger charge is 2.47. The van der Waals surface area contributed by atoms with Gasteiger partial charge in [-0.3, -0.25) is 9.59 Å². The summed E-state index contributed by atoms with van der Waals surface area (Å²) in [5.74, 6) is -0.507. The third kappa shape index (κ3) is 3.48. The van der Waals surface area contributed by atoms with Crippen LogP contribution in [0, 0.1) is 0 Å². The molecule has 2 aliphatic carbocycles. The fourth-order valence-corrected chi connectivity index (χ4v) is 4.00. The lowest BCUT2D eigenvalue weighted by molar-refractivity contribution is -0.157. The third-order valence-electron chi connectivity index (χ3n) is 6.12. The molecule has 0 aliphatic heterocycles. The first-order valence-electron chi connectivity index (χ1n) is 9.70. The lowest BCUT2D eigenvalue weighted by Crippen LogP contribution is -2.45. The summed E-state index contributed by atoms with van der Waals surface area (Å²) >= 11 is 0. The van der Waals surface area contributed by atoms with Gasteiger partial charge in [0.1, 0.15) is 0 Å². The average molecular weight is 363 g/mol. The van der Waals surface area contributed by atoms with E-state index in [1.807, 2.05) is 48.5 Å². The van der Waals surface area contributed by atoms with Crippen molar-refractivity contribution in [1.82, 2.24) is 5.32 Å². The Kier molecular flexibility index (Phi) is 4.73. The van der Waals surface area contributed by atoms with Crippen molar-refractivity contribution in [2.24, 2.45) is 0 Å². The molecule has 2 aromatic carbocycles. The molecule has 0 unspecified atom stereocenters. The second kappa shape index (κ2) is 7.18. The van der Waals surface area contributed by atoms with Gasteiger partial charge in [0.25, 0.3) is 5.91 Å². The van der Waals surface area contributed by atoms with E-state index in [1.54, 1.807) is 0 Å². The molecular weight excluding hydrogens is 338 g/mol. The van der Waals surface area contributed by atoms with E-state index in [9.17, 15) is 9.59 Å². The summed E-state index contributed by atoms with van der Waals surface area (Å²) in [5.41, 5.74) is 1.74. The zero-order chi connectivity index (χ0) is 18.7. The lowest BCUT2D eigenvalue weighted by Gasteiger charge is -2.39. The Balaban J connectivity index is 1.30. The topological polar surface area (TPSA) is 55.4 Å². The molecule has 0 heterocycles. The fourth-order valence-electron chi connectivity index (χ4n) is 4.00. The van der Waals surface area contributed by atoms with E-state index >= 15 is 0 Å². The number of carbonyl (C=O) groups is 2. The summed E-state index contributed by atoms with van der Waals surface area (Å²) in [4.78, 5) is 24.9. The highest BCUT2D eigenvalue weighted by molar-refractivity contribution is 5.87. The average Bonchev–Trinajstić information content (AvgIpc) is 3.47. The van der Waals surface area contributed by atoms with Gasteiger partial charge >= 0.3 is 5.97 Å². The molecule has 0 radical (unpaired) electrons. The van der Waals surface area contributed by atoms with Crippen LogP contribution in [0.4, 0.5) is 0 Å². The van der Waals surface area contributed by atoms with Crippen molar-refractivity contribution in [2.75, 3.05) is 13.2 Å². The number of ether oxygens (including phenoxy) is 1. The van der Waals surface area contributed by atoms with E-state index in [1.165, 1.54) is 5.56 Å². The Morgan fingerprint density at radius 1 is 0.852 bits per heavy atom. The summed E-state index contributed by atoms with van der Waals surface area (Å²) in [6, 6.07) is 20.0. The minimum absolute atomic E-state index is 0.0557. The van der Waals surface area contributed by atoms with Crippen molar-refractivity contribution in [1.29, 1.82) is 0 Å². The minimum Gasteiger partial charge on any atom is -0.455 e. The van der Waals surface area contributed by atoms with Crippen LogP contribution in [-0.4, -0.2) is 25.0 Å². The van der Waals surface area contributed by atoms with Gasteiger partial charge in [-0.15, -0.1) is 0 Å². The standard InChI is InChI=1S/C23H25NO3/c25-20(24-17-22(14-15-22)18-8-3-1-4-9-18)16-27-21(26)23(12-7-13-23)19-10-5-2-6-11-19/h1-6,8-11H,7,12-17H2,(H,24,25). The van der Waals surface area contributed by atoms with Gasteiger partial charge < -0.3 is 10.1 Å². The van der Waals surface area contributed by atoms with Crippen molar-refractivity contribution in [3.8, 4) is 0 Å². The van der Waals surface area contributed by atoms with Gasteiger partial charge in [0.15, 0.2) is 6.61 Å². The van der Waals surface area contributed by atoms with Crippen LogP contribution in [0.15, 0.2) is 60.7 Å². The van der Waals surface area contributed by atoms with E-state index in [0.29, 0.717) is 6.54 Å². The first-order valence-corrected chi connectivity index (χ1v) is 9.70. The summed E-state index contributed by atoms with van der Waals surface area (Å²) in [7, 11) is 0. The molecule has 0 bridgehead atoms. The monoisotopic (exact) mass is 363 g/mol. The van der Waals surface area contributed by atoms with Gasteiger partial charge in [0.2, 0.25) is 0 Å². The molecule has 0 spiro atoms. The Labute approximate surface area is 159 Å². The molecule has 2 saturated carbocycles. The van der Waals surface area contributed by atoms with Crippen LogP contribution >= 0.6 is 0 Å². The van der Waals surface area contributed by atoms with Crippen LogP contribution < -0.4 is 5.32 Å². The molecular formula is C23H25NO3. The highest BCUT2D eigenvalue weighted by Crippen LogP contribution is 2.47. The summed E-state index contributed by atoms with van der Waals surface area (Å²) in [6.45, 7) is 0.384. The van der Waals surface area contributed by atoms with Crippen LogP contribution in [0.3, 0.4) is 0 Å². The quantitative estimate of drug-likeness (QED) is 0.766. The maximum absolute atomic E-state index is 12.7. The lowest BCUT2D eigenvalue weighted by atomic mass is 9.64. The van der Waals surface area contributed by atoms with Crippen molar-refractivity contribution in [2.45, 2.75) is 42.9 Å². The van der Waals surface area contributed by atoms with E-state index in [4.69, 9.17) is 4.74 Å². The number of nitrogens with one attached hydrogen (secondary N) is 1. The molecule has 1 amide bonds. The predicted molar refractivity (Wildman–Crippen MR) is 103 cm³/mol. The second-order valence-corrected chi connectivity index (χ2v) is 7.80. The largest absolute Gasteiger partial charge is 0.455 e. The Bertz CT molecular complexity index is 808. The van der Waals surface area contributed by atoms with Crippen LogP contribution in [0.5, 0.6) is 0 Å². The molecule has 0 aromatic heterocycles. The molecule has 2 aliphatic rings. The van der Waals surface area contributed by atoms with Crippen LogP contribution in [0.1, 0.15) is 43.2 Å². The molecule has 4 heteroatoms. The van der Waals surface area contributed by atoms with E-state index in [-0.39, 0.29) is 23.9 Å². The van der Waals surface area contributed by atoms with Gasteiger partial charge in [-0.25, -0.2) is 0 Å². The van der Waals surface area contributed by atoms with Crippen LogP contribution in [0.25, 0.3) is 0 Å². The highest BCUT2D eigenvalue weighted by atomic mass is 16.5. The van der Waals surface area contributed by atoms with Gasteiger partial charge in [-0.2, -0.15) is 0 Å². The van der Waals surface area contributed by atoms with E-state index in [0.717, 1.165) is 37.7 Å². The van der Waals surface area contributed by atoms with Crippen molar-refractivity contribution >= 4 is 11.9 Å². The number of hydrogen-bond acceptors (Lipinski definition) is 3. The summed E-state index contributed by atoms with van der Waals surface area (Å²) in [6.07, 6.45) is 4.74. The number of rotatable bonds is 7. The summed E-state index contributed by atoms with van der Waals surface area (Å²) < 4.78 is 5.41. The molecule has 0 atom stereocenters. The number of benzene rings is 2. The minimum atomic E-state index is -0.566. The van der Waals surface area contributed by atoms with Crippen molar-refractivity contribution < 1.29 is 14.3 Å². The Morgan fingerprint density at radius 2 is 1.44 bits per heavy atom. The second-order valence-electron chi connectivity index (χ2n) is 7.80. The van der Waals surface area contributed by atoms with Crippen LogP contribution in [0.2, 0.25) is 0 Å².